The number of allylic oxidation sites excluding steroid dienone is 14. The van der Waals surface area contributed by atoms with Crippen LogP contribution in [0, 0.1) is 29.6 Å². The van der Waals surface area contributed by atoms with Crippen molar-refractivity contribution < 1.29 is 0 Å². The van der Waals surface area contributed by atoms with E-state index in [0.717, 1.165) is 11.3 Å². The van der Waals surface area contributed by atoms with Crippen molar-refractivity contribution in [3.05, 3.63) is 216 Å². The Labute approximate surface area is 333 Å². The molecule has 0 saturated heterocycles. The van der Waals surface area contributed by atoms with Crippen molar-refractivity contribution in [2.24, 2.45) is 29.6 Å². The van der Waals surface area contributed by atoms with Gasteiger partial charge in [-0.1, -0.05) is 163 Å². The van der Waals surface area contributed by atoms with Gasteiger partial charge in [-0.2, -0.15) is 0 Å². The fourth-order valence-electron chi connectivity index (χ4n) is 10.2. The summed E-state index contributed by atoms with van der Waals surface area (Å²) in [4.78, 5) is 4.97. The predicted octanol–water partition coefficient (Wildman–Crippen LogP) is 13.8. The van der Waals surface area contributed by atoms with Crippen molar-refractivity contribution in [1.82, 2.24) is 0 Å². The van der Waals surface area contributed by atoms with Crippen LogP contribution in [0.1, 0.15) is 51.3 Å². The zero-order valence-electron chi connectivity index (χ0n) is 33.4. The van der Waals surface area contributed by atoms with E-state index >= 15 is 0 Å². The Bertz CT molecular complexity index is 2500. The van der Waals surface area contributed by atoms with Gasteiger partial charge < -0.3 is 9.80 Å². The fourth-order valence-corrected chi connectivity index (χ4v) is 10.2. The lowest BCUT2D eigenvalue weighted by molar-refractivity contribution is 0.322. The van der Waals surface area contributed by atoms with Crippen molar-refractivity contribution >= 4 is 33.9 Å². The Kier molecular flexibility index (Phi) is 8.77. The summed E-state index contributed by atoms with van der Waals surface area (Å²) in [6.45, 7) is 20.1. The third kappa shape index (κ3) is 5.69. The number of nitrogens with zero attached hydrogens (tertiary/aromatic N) is 2. The first kappa shape index (κ1) is 35.8. The highest BCUT2D eigenvalue weighted by atomic mass is 15.2. The molecule has 4 aromatic rings. The van der Waals surface area contributed by atoms with Crippen molar-refractivity contribution in [2.75, 3.05) is 9.80 Å². The standard InChI is InChI=1S/C54H52N2/c1-8-38-22-25-41(26-23-38)55(51-30-21-36(3)45-17-12-13-19-47(45)51)43-28-29-48-49(34-43)53(5,6)52-35-44(31-32-54(48,52)7)56(42-27-24-39(9-2)37(4)33-42)50-20-14-16-40-15-10-11-18-46(40)50/h8-37,39,45,52H,1-2H2,3-7H3. The first-order valence-electron chi connectivity index (χ1n) is 20.3. The second kappa shape index (κ2) is 13.7. The molecule has 278 valence electrons. The van der Waals surface area contributed by atoms with Gasteiger partial charge in [-0.3, -0.25) is 0 Å². The highest BCUT2D eigenvalue weighted by Gasteiger charge is 2.53. The normalized spacial score (nSPS) is 26.6. The van der Waals surface area contributed by atoms with Crippen LogP contribution in [-0.2, 0) is 10.8 Å². The lowest BCUT2D eigenvalue weighted by atomic mass is 9.66. The average Bonchev–Trinajstić information content (AvgIpc) is 3.40. The van der Waals surface area contributed by atoms with Crippen molar-refractivity contribution in [1.29, 1.82) is 0 Å². The maximum atomic E-state index is 4.13. The lowest BCUT2D eigenvalue weighted by Crippen LogP contribution is -2.37. The predicted molar refractivity (Wildman–Crippen MR) is 240 cm³/mol. The molecule has 2 nitrogen and oxygen atoms in total. The van der Waals surface area contributed by atoms with Crippen LogP contribution in [0.15, 0.2) is 200 Å². The van der Waals surface area contributed by atoms with Gasteiger partial charge in [0.15, 0.2) is 0 Å². The van der Waals surface area contributed by atoms with Crippen LogP contribution in [0.5, 0.6) is 0 Å². The Morgan fingerprint density at radius 1 is 0.661 bits per heavy atom. The monoisotopic (exact) mass is 728 g/mol. The molecule has 4 aromatic carbocycles. The van der Waals surface area contributed by atoms with E-state index in [4.69, 9.17) is 0 Å². The van der Waals surface area contributed by atoms with E-state index in [2.05, 4.69) is 221 Å². The van der Waals surface area contributed by atoms with Gasteiger partial charge in [-0.15, -0.1) is 6.58 Å². The maximum absolute atomic E-state index is 4.13. The highest BCUT2D eigenvalue weighted by molar-refractivity contribution is 5.96. The van der Waals surface area contributed by atoms with E-state index in [0.29, 0.717) is 23.7 Å². The summed E-state index contributed by atoms with van der Waals surface area (Å²) in [6.07, 6.45) is 32.2. The summed E-state index contributed by atoms with van der Waals surface area (Å²) < 4.78 is 0. The molecule has 5 aliphatic rings. The summed E-state index contributed by atoms with van der Waals surface area (Å²) in [6, 6.07) is 31.5. The molecular weight excluding hydrogens is 677 g/mol. The van der Waals surface area contributed by atoms with E-state index < -0.39 is 0 Å². The Balaban J connectivity index is 1.17. The van der Waals surface area contributed by atoms with E-state index in [9.17, 15) is 0 Å². The average molecular weight is 729 g/mol. The zero-order valence-corrected chi connectivity index (χ0v) is 33.4. The highest BCUT2D eigenvalue weighted by Crippen LogP contribution is 2.58. The van der Waals surface area contributed by atoms with Gasteiger partial charge in [0.05, 0.1) is 5.69 Å². The van der Waals surface area contributed by atoms with Gasteiger partial charge in [-0.05, 0) is 93.5 Å². The van der Waals surface area contributed by atoms with Gasteiger partial charge in [0, 0.05) is 57.0 Å². The van der Waals surface area contributed by atoms with Crippen molar-refractivity contribution in [3.63, 3.8) is 0 Å². The van der Waals surface area contributed by atoms with Crippen LogP contribution in [0.2, 0.25) is 0 Å². The number of anilines is 3. The lowest BCUT2D eigenvalue weighted by Gasteiger charge is -2.40. The van der Waals surface area contributed by atoms with Gasteiger partial charge in [0.25, 0.3) is 0 Å². The van der Waals surface area contributed by atoms with E-state index in [1.807, 2.05) is 6.08 Å². The summed E-state index contributed by atoms with van der Waals surface area (Å²) in [7, 11) is 0. The summed E-state index contributed by atoms with van der Waals surface area (Å²) in [5.74, 6) is 1.69. The molecule has 9 rings (SSSR count). The molecule has 6 unspecified atom stereocenters. The molecule has 0 N–H and O–H groups in total. The molecule has 0 spiro atoms. The second-order valence-corrected chi connectivity index (χ2v) is 17.1. The number of hydrogen-bond acceptors (Lipinski definition) is 2. The molecule has 56 heavy (non-hydrogen) atoms. The van der Waals surface area contributed by atoms with Crippen molar-refractivity contribution in [2.45, 2.75) is 45.4 Å². The molecule has 2 heteroatoms. The van der Waals surface area contributed by atoms with E-state index in [1.54, 1.807) is 0 Å². The quantitative estimate of drug-likeness (QED) is 0.167. The first-order chi connectivity index (χ1) is 27.1. The fraction of sp³-hybridized carbons (Fsp3) is 0.222. The zero-order chi connectivity index (χ0) is 38.8. The third-order valence-corrected chi connectivity index (χ3v) is 13.3. The summed E-state index contributed by atoms with van der Waals surface area (Å²) in [5, 5.41) is 2.49. The van der Waals surface area contributed by atoms with Crippen LogP contribution in [-0.4, -0.2) is 0 Å². The van der Waals surface area contributed by atoms with Crippen LogP contribution < -0.4 is 9.80 Å². The molecular formula is C54H52N2. The van der Waals surface area contributed by atoms with Gasteiger partial charge in [0.1, 0.15) is 0 Å². The van der Waals surface area contributed by atoms with E-state index in [-0.39, 0.29) is 16.7 Å². The Morgan fingerprint density at radius 3 is 2.21 bits per heavy atom. The topological polar surface area (TPSA) is 6.48 Å². The number of hydrogen-bond donors (Lipinski definition) is 0. The minimum atomic E-state index is -0.163. The molecule has 6 atom stereocenters. The van der Waals surface area contributed by atoms with Crippen LogP contribution in [0.3, 0.4) is 0 Å². The molecule has 0 fully saturated rings. The summed E-state index contributed by atoms with van der Waals surface area (Å²) >= 11 is 0. The molecule has 0 aromatic heterocycles. The molecule has 0 bridgehead atoms. The largest absolute Gasteiger partial charge is 0.311 e. The van der Waals surface area contributed by atoms with Gasteiger partial charge in [0.2, 0.25) is 0 Å². The van der Waals surface area contributed by atoms with Crippen LogP contribution in [0.25, 0.3) is 16.8 Å². The number of fused-ring (bicyclic) bond motifs is 5. The van der Waals surface area contributed by atoms with Crippen LogP contribution >= 0.6 is 0 Å². The smallest absolute Gasteiger partial charge is 0.0539 e. The Morgan fingerprint density at radius 2 is 1.43 bits per heavy atom. The SMILES string of the molecule is C=Cc1ccc(N(C2=C3C=CC=CC3C(C)C=C2)c2ccc3c(c2)C(C)(C)C2C=C(N(C4=CC(C)C(C=C)C=C4)c4cccc5ccccc45)C=CC32C)cc1. The Hall–Kier alpha value is -5.86. The first-order valence-corrected chi connectivity index (χ1v) is 20.3. The molecule has 0 heterocycles. The summed E-state index contributed by atoms with van der Waals surface area (Å²) in [5.41, 5.74) is 12.2. The molecule has 5 aliphatic carbocycles. The third-order valence-electron chi connectivity index (χ3n) is 13.3. The van der Waals surface area contributed by atoms with Gasteiger partial charge >= 0.3 is 0 Å². The minimum Gasteiger partial charge on any atom is -0.311 e. The maximum Gasteiger partial charge on any atom is 0.0539 e. The van der Waals surface area contributed by atoms with Crippen LogP contribution in [0.4, 0.5) is 17.1 Å². The minimum absolute atomic E-state index is 0.151. The number of benzene rings is 4. The number of rotatable bonds is 8. The molecule has 0 saturated carbocycles. The molecule has 0 radical (unpaired) electrons. The molecule has 0 aliphatic heterocycles. The van der Waals surface area contributed by atoms with Crippen molar-refractivity contribution in [3.8, 4) is 0 Å². The van der Waals surface area contributed by atoms with Gasteiger partial charge in [-0.25, -0.2) is 0 Å². The second-order valence-electron chi connectivity index (χ2n) is 17.1. The van der Waals surface area contributed by atoms with E-state index in [1.165, 1.54) is 55.9 Å². The molecule has 0 amide bonds.